The molecule has 0 saturated carbocycles. The van der Waals surface area contributed by atoms with Gasteiger partial charge in [0.2, 0.25) is 11.8 Å². The summed E-state index contributed by atoms with van der Waals surface area (Å²) in [5.41, 5.74) is -0.764. The molecule has 2 unspecified atom stereocenters. The lowest BCUT2D eigenvalue weighted by Gasteiger charge is -2.46. The molecule has 1 aliphatic rings. The highest BCUT2D eigenvalue weighted by atomic mass is 16.5. The van der Waals surface area contributed by atoms with Gasteiger partial charge in [0.15, 0.2) is 0 Å². The van der Waals surface area contributed by atoms with Gasteiger partial charge in [0.1, 0.15) is 11.6 Å². The SMILES string of the molecule is CCOCCN1C(=O)C(C(C)C)NC(=O)C1(C)CC. The van der Waals surface area contributed by atoms with Gasteiger partial charge in [-0.15, -0.1) is 0 Å². The summed E-state index contributed by atoms with van der Waals surface area (Å²) in [5, 5.41) is 2.86. The molecule has 0 aromatic carbocycles. The molecule has 1 heterocycles. The number of amides is 2. The second kappa shape index (κ2) is 6.37. The van der Waals surface area contributed by atoms with Crippen molar-refractivity contribution < 1.29 is 14.3 Å². The minimum atomic E-state index is -0.764. The van der Waals surface area contributed by atoms with Crippen LogP contribution in [0.25, 0.3) is 0 Å². The van der Waals surface area contributed by atoms with Crippen molar-refractivity contribution in [3.8, 4) is 0 Å². The highest BCUT2D eigenvalue weighted by molar-refractivity contribution is 5.99. The Morgan fingerprint density at radius 1 is 1.37 bits per heavy atom. The normalized spacial score (nSPS) is 27.9. The van der Waals surface area contributed by atoms with E-state index in [9.17, 15) is 9.59 Å². The number of carbonyl (C=O) groups excluding carboxylic acids is 2. The summed E-state index contributed by atoms with van der Waals surface area (Å²) in [6.45, 7) is 11.1. The molecule has 0 aliphatic carbocycles. The van der Waals surface area contributed by atoms with Crippen molar-refractivity contribution in [1.82, 2.24) is 10.2 Å². The molecule has 0 aromatic rings. The number of nitrogens with one attached hydrogen (secondary N) is 1. The monoisotopic (exact) mass is 270 g/mol. The molecule has 0 radical (unpaired) electrons. The fourth-order valence-corrected chi connectivity index (χ4v) is 2.35. The molecule has 0 spiro atoms. The van der Waals surface area contributed by atoms with E-state index >= 15 is 0 Å². The number of carbonyl (C=O) groups is 2. The maximum Gasteiger partial charge on any atom is 0.246 e. The van der Waals surface area contributed by atoms with Crippen LogP contribution in [-0.4, -0.2) is 48.1 Å². The Balaban J connectivity index is 2.94. The zero-order valence-electron chi connectivity index (χ0n) is 12.7. The first-order valence-corrected chi connectivity index (χ1v) is 7.08. The summed E-state index contributed by atoms with van der Waals surface area (Å²) in [5.74, 6) is 0.0240. The maximum atomic E-state index is 12.5. The lowest BCUT2D eigenvalue weighted by atomic mass is 9.88. The number of rotatable bonds is 6. The first kappa shape index (κ1) is 16.0. The van der Waals surface area contributed by atoms with E-state index in [-0.39, 0.29) is 17.7 Å². The Morgan fingerprint density at radius 2 is 2.00 bits per heavy atom. The Kier molecular flexibility index (Phi) is 5.35. The van der Waals surface area contributed by atoms with Crippen LogP contribution in [0, 0.1) is 5.92 Å². The van der Waals surface area contributed by atoms with Crippen molar-refractivity contribution in [2.75, 3.05) is 19.8 Å². The summed E-state index contributed by atoms with van der Waals surface area (Å²) in [6, 6.07) is -0.422. The van der Waals surface area contributed by atoms with Gasteiger partial charge in [-0.1, -0.05) is 20.8 Å². The molecular formula is C14H26N2O3. The van der Waals surface area contributed by atoms with Gasteiger partial charge in [-0.25, -0.2) is 0 Å². The largest absolute Gasteiger partial charge is 0.380 e. The third kappa shape index (κ3) is 3.08. The topological polar surface area (TPSA) is 58.6 Å². The van der Waals surface area contributed by atoms with E-state index in [2.05, 4.69) is 5.32 Å². The third-order valence-electron chi connectivity index (χ3n) is 3.92. The molecule has 0 aromatic heterocycles. The van der Waals surface area contributed by atoms with E-state index in [1.807, 2.05) is 34.6 Å². The van der Waals surface area contributed by atoms with Crippen LogP contribution in [0.2, 0.25) is 0 Å². The first-order valence-electron chi connectivity index (χ1n) is 7.08. The fraction of sp³-hybridized carbons (Fsp3) is 0.857. The molecular weight excluding hydrogens is 244 g/mol. The molecule has 0 bridgehead atoms. The van der Waals surface area contributed by atoms with Gasteiger partial charge < -0.3 is 15.0 Å². The average Bonchev–Trinajstić information content (AvgIpc) is 2.37. The second-order valence-electron chi connectivity index (χ2n) is 5.51. The summed E-state index contributed by atoms with van der Waals surface area (Å²) in [7, 11) is 0. The molecule has 1 rings (SSSR count). The summed E-state index contributed by atoms with van der Waals surface area (Å²) < 4.78 is 5.33. The van der Waals surface area contributed by atoms with Crippen LogP contribution >= 0.6 is 0 Å². The summed E-state index contributed by atoms with van der Waals surface area (Å²) in [4.78, 5) is 26.5. The average molecular weight is 270 g/mol. The van der Waals surface area contributed by atoms with Crippen molar-refractivity contribution in [2.24, 2.45) is 5.92 Å². The zero-order valence-corrected chi connectivity index (χ0v) is 12.7. The number of ether oxygens (including phenoxy) is 1. The van der Waals surface area contributed by atoms with Crippen molar-refractivity contribution in [2.45, 2.75) is 52.6 Å². The molecule has 110 valence electrons. The van der Waals surface area contributed by atoms with Gasteiger partial charge in [0, 0.05) is 13.2 Å². The van der Waals surface area contributed by atoms with E-state index in [4.69, 9.17) is 4.74 Å². The summed E-state index contributed by atoms with van der Waals surface area (Å²) >= 11 is 0. The van der Waals surface area contributed by atoms with E-state index < -0.39 is 11.6 Å². The lowest BCUT2D eigenvalue weighted by molar-refractivity contribution is -0.159. The van der Waals surface area contributed by atoms with Crippen LogP contribution in [0.3, 0.4) is 0 Å². The zero-order chi connectivity index (χ0) is 14.6. The highest BCUT2D eigenvalue weighted by Crippen LogP contribution is 2.26. The van der Waals surface area contributed by atoms with Crippen LogP contribution < -0.4 is 5.32 Å². The number of hydrogen-bond donors (Lipinski definition) is 1. The predicted molar refractivity (Wildman–Crippen MR) is 73.7 cm³/mol. The molecule has 19 heavy (non-hydrogen) atoms. The van der Waals surface area contributed by atoms with Crippen LogP contribution in [0.5, 0.6) is 0 Å². The van der Waals surface area contributed by atoms with Crippen molar-refractivity contribution in [1.29, 1.82) is 0 Å². The Morgan fingerprint density at radius 3 is 2.47 bits per heavy atom. The third-order valence-corrected chi connectivity index (χ3v) is 3.92. The summed E-state index contributed by atoms with van der Waals surface area (Å²) in [6.07, 6.45) is 0.599. The molecule has 2 amide bonds. The van der Waals surface area contributed by atoms with Crippen molar-refractivity contribution >= 4 is 11.8 Å². The van der Waals surface area contributed by atoms with E-state index in [0.29, 0.717) is 26.2 Å². The highest BCUT2D eigenvalue weighted by Gasteiger charge is 2.48. The van der Waals surface area contributed by atoms with Crippen LogP contribution in [-0.2, 0) is 14.3 Å². The van der Waals surface area contributed by atoms with Crippen LogP contribution in [0.1, 0.15) is 41.0 Å². The van der Waals surface area contributed by atoms with Gasteiger partial charge in [-0.2, -0.15) is 0 Å². The minimum absolute atomic E-state index is 0.00125. The molecule has 2 atom stereocenters. The predicted octanol–water partition coefficient (Wildman–Crippen LogP) is 1.17. The van der Waals surface area contributed by atoms with Crippen molar-refractivity contribution in [3.05, 3.63) is 0 Å². The Bertz CT molecular complexity index is 344. The standard InChI is InChI=1S/C14H26N2O3/c1-6-14(5)13(18)15-11(10(3)4)12(17)16(14)8-9-19-7-2/h10-11H,6-9H2,1-5H3,(H,15,18). The van der Waals surface area contributed by atoms with E-state index in [1.165, 1.54) is 0 Å². The quantitative estimate of drug-likeness (QED) is 0.737. The van der Waals surface area contributed by atoms with Crippen LogP contribution in [0.15, 0.2) is 0 Å². The second-order valence-corrected chi connectivity index (χ2v) is 5.51. The first-order chi connectivity index (χ1) is 8.88. The Labute approximate surface area is 115 Å². The van der Waals surface area contributed by atoms with Gasteiger partial charge in [-0.05, 0) is 26.2 Å². The number of hydrogen-bond acceptors (Lipinski definition) is 3. The van der Waals surface area contributed by atoms with Crippen molar-refractivity contribution in [3.63, 3.8) is 0 Å². The Hall–Kier alpha value is -1.10. The molecule has 1 saturated heterocycles. The minimum Gasteiger partial charge on any atom is -0.380 e. The smallest absolute Gasteiger partial charge is 0.246 e. The maximum absolute atomic E-state index is 12.5. The number of nitrogens with zero attached hydrogens (tertiary/aromatic N) is 1. The molecule has 5 nitrogen and oxygen atoms in total. The molecule has 5 heteroatoms. The fourth-order valence-electron chi connectivity index (χ4n) is 2.35. The molecule has 1 N–H and O–H groups in total. The van der Waals surface area contributed by atoms with Gasteiger partial charge >= 0.3 is 0 Å². The lowest BCUT2D eigenvalue weighted by Crippen LogP contribution is -2.70. The molecule has 1 aliphatic heterocycles. The van der Waals surface area contributed by atoms with E-state index in [0.717, 1.165) is 0 Å². The van der Waals surface area contributed by atoms with Gasteiger partial charge in [0.25, 0.3) is 0 Å². The van der Waals surface area contributed by atoms with Gasteiger partial charge in [0.05, 0.1) is 6.61 Å². The van der Waals surface area contributed by atoms with E-state index in [1.54, 1.807) is 4.90 Å². The van der Waals surface area contributed by atoms with Gasteiger partial charge in [-0.3, -0.25) is 9.59 Å². The molecule has 1 fully saturated rings. The number of piperazine rings is 1. The van der Waals surface area contributed by atoms with Crippen LogP contribution in [0.4, 0.5) is 0 Å².